The Hall–Kier alpha value is -1.27. The molecule has 0 bridgehead atoms. The summed E-state index contributed by atoms with van der Waals surface area (Å²) in [5, 5.41) is 0. The number of aromatic nitrogens is 1. The van der Waals surface area contributed by atoms with Crippen LogP contribution in [0.1, 0.15) is 0 Å². The molecule has 0 fully saturated rings. The molecule has 1 aromatic heterocycles. The van der Waals surface area contributed by atoms with Gasteiger partial charge >= 0.3 is 6.98 Å². The lowest BCUT2D eigenvalue weighted by atomic mass is 9.81. The standard InChI is InChI=1S/C5H3BF4NO/c7-4-1-3(6(8,9)10)2-11-5(4)12/h1-2H,(H,11,12)/q-1. The summed E-state index contributed by atoms with van der Waals surface area (Å²) in [6.07, 6.45) is 0.450. The minimum Gasteiger partial charge on any atom is -0.445 e. The molecule has 0 unspecified atom stereocenters. The first-order chi connectivity index (χ1) is 5.41. The van der Waals surface area contributed by atoms with Gasteiger partial charge in [-0.05, 0) is 12.3 Å². The van der Waals surface area contributed by atoms with Crippen LogP contribution in [0.4, 0.5) is 17.3 Å². The van der Waals surface area contributed by atoms with Crippen LogP contribution in [0.2, 0.25) is 0 Å². The van der Waals surface area contributed by atoms with Gasteiger partial charge in [0.05, 0.1) is 0 Å². The molecule has 0 aliphatic rings. The van der Waals surface area contributed by atoms with Gasteiger partial charge in [-0.15, -0.1) is 0 Å². The van der Waals surface area contributed by atoms with Crippen molar-refractivity contribution >= 4 is 12.4 Å². The minimum absolute atomic E-state index is 0.179. The van der Waals surface area contributed by atoms with E-state index in [-0.39, 0.29) is 6.07 Å². The first-order valence-corrected chi connectivity index (χ1v) is 2.99. The van der Waals surface area contributed by atoms with Crippen molar-refractivity contribution in [1.82, 2.24) is 4.98 Å². The van der Waals surface area contributed by atoms with E-state index < -0.39 is 23.8 Å². The highest BCUT2D eigenvalue weighted by atomic mass is 19.4. The molecular formula is C5H3BF4NO-. The summed E-state index contributed by atoms with van der Waals surface area (Å²) >= 11 is 0. The third-order valence-electron chi connectivity index (χ3n) is 1.26. The molecule has 2 nitrogen and oxygen atoms in total. The van der Waals surface area contributed by atoms with Crippen LogP contribution in [0.15, 0.2) is 17.1 Å². The van der Waals surface area contributed by atoms with E-state index in [1.54, 1.807) is 4.98 Å². The molecule has 12 heavy (non-hydrogen) atoms. The molecule has 1 rings (SSSR count). The summed E-state index contributed by atoms with van der Waals surface area (Å²) in [5.41, 5.74) is -2.30. The Bertz CT molecular complexity index is 344. The maximum atomic E-state index is 12.3. The lowest BCUT2D eigenvalue weighted by Gasteiger charge is -2.13. The molecule has 1 aromatic rings. The van der Waals surface area contributed by atoms with Gasteiger partial charge in [0, 0.05) is 0 Å². The van der Waals surface area contributed by atoms with Crippen molar-refractivity contribution in [3.05, 3.63) is 28.4 Å². The molecule has 0 aliphatic heterocycles. The number of hydrogen-bond acceptors (Lipinski definition) is 1. The van der Waals surface area contributed by atoms with Crippen LogP contribution in [-0.4, -0.2) is 12.0 Å². The number of rotatable bonds is 1. The highest BCUT2D eigenvalue weighted by Gasteiger charge is 2.26. The molecule has 0 amide bonds. The topological polar surface area (TPSA) is 32.9 Å². The zero-order valence-corrected chi connectivity index (χ0v) is 5.65. The Balaban J connectivity index is 3.23. The molecule has 0 aliphatic carbocycles. The zero-order valence-electron chi connectivity index (χ0n) is 5.65. The quantitative estimate of drug-likeness (QED) is 0.497. The van der Waals surface area contributed by atoms with Crippen LogP contribution in [0.5, 0.6) is 0 Å². The first-order valence-electron chi connectivity index (χ1n) is 2.99. The van der Waals surface area contributed by atoms with Crippen LogP contribution in [0.25, 0.3) is 0 Å². The van der Waals surface area contributed by atoms with Crippen molar-refractivity contribution in [2.75, 3.05) is 0 Å². The molecule has 0 atom stereocenters. The van der Waals surface area contributed by atoms with Crippen molar-refractivity contribution in [1.29, 1.82) is 0 Å². The van der Waals surface area contributed by atoms with E-state index in [2.05, 4.69) is 0 Å². The van der Waals surface area contributed by atoms with Crippen LogP contribution in [-0.2, 0) is 0 Å². The second-order valence-electron chi connectivity index (χ2n) is 2.18. The van der Waals surface area contributed by atoms with Crippen LogP contribution >= 0.6 is 0 Å². The van der Waals surface area contributed by atoms with Gasteiger partial charge in [-0.1, -0.05) is 5.46 Å². The zero-order chi connectivity index (χ0) is 9.35. The Morgan fingerprint density at radius 1 is 1.33 bits per heavy atom. The Labute approximate surface area is 64.3 Å². The van der Waals surface area contributed by atoms with E-state index >= 15 is 0 Å². The predicted octanol–water partition coefficient (Wildman–Crippen LogP) is 0.568. The highest BCUT2D eigenvalue weighted by molar-refractivity contribution is 6.73. The van der Waals surface area contributed by atoms with Gasteiger partial charge < -0.3 is 17.9 Å². The van der Waals surface area contributed by atoms with Crippen molar-refractivity contribution in [3.8, 4) is 0 Å². The van der Waals surface area contributed by atoms with E-state index in [0.29, 0.717) is 6.20 Å². The van der Waals surface area contributed by atoms with Gasteiger partial charge in [0.25, 0.3) is 5.56 Å². The SMILES string of the molecule is O=c1[nH]cc([B-](F)(F)F)cc1F. The normalized spacial score (nSPS) is 11.7. The van der Waals surface area contributed by atoms with Gasteiger partial charge in [-0.2, -0.15) is 0 Å². The van der Waals surface area contributed by atoms with Gasteiger partial charge in [-0.3, -0.25) is 4.79 Å². The van der Waals surface area contributed by atoms with Crippen LogP contribution in [0.3, 0.4) is 0 Å². The number of aromatic amines is 1. The van der Waals surface area contributed by atoms with Gasteiger partial charge in [0.2, 0.25) is 0 Å². The molecule has 66 valence electrons. The van der Waals surface area contributed by atoms with Gasteiger partial charge in [-0.25, -0.2) is 4.39 Å². The van der Waals surface area contributed by atoms with Gasteiger partial charge in [0.15, 0.2) is 5.82 Å². The third-order valence-corrected chi connectivity index (χ3v) is 1.26. The van der Waals surface area contributed by atoms with E-state index in [4.69, 9.17) is 0 Å². The molecule has 1 heterocycles. The first kappa shape index (κ1) is 8.83. The monoisotopic (exact) mass is 180 g/mol. The Kier molecular flexibility index (Phi) is 1.95. The molecule has 0 aromatic carbocycles. The van der Waals surface area contributed by atoms with Crippen molar-refractivity contribution < 1.29 is 17.3 Å². The summed E-state index contributed by atoms with van der Waals surface area (Å²) in [5.74, 6) is -1.42. The van der Waals surface area contributed by atoms with Crippen molar-refractivity contribution in [3.63, 3.8) is 0 Å². The fourth-order valence-electron chi connectivity index (χ4n) is 0.660. The highest BCUT2D eigenvalue weighted by Crippen LogP contribution is 2.07. The average molecular weight is 180 g/mol. The Morgan fingerprint density at radius 3 is 2.33 bits per heavy atom. The number of hydrogen-bond donors (Lipinski definition) is 1. The van der Waals surface area contributed by atoms with Crippen LogP contribution in [0, 0.1) is 5.82 Å². The van der Waals surface area contributed by atoms with Crippen LogP contribution < -0.4 is 11.0 Å². The molecule has 0 spiro atoms. The number of halogens is 4. The van der Waals surface area contributed by atoms with E-state index in [9.17, 15) is 22.1 Å². The maximum absolute atomic E-state index is 12.3. The smallest absolute Gasteiger partial charge is 0.445 e. The fourth-order valence-corrected chi connectivity index (χ4v) is 0.660. The summed E-state index contributed by atoms with van der Waals surface area (Å²) in [6, 6.07) is 0.179. The molecule has 0 saturated heterocycles. The lowest BCUT2D eigenvalue weighted by molar-refractivity contribution is 0.499. The average Bonchev–Trinajstić information content (AvgIpc) is 1.92. The summed E-state index contributed by atoms with van der Waals surface area (Å²) < 4.78 is 47.9. The predicted molar refractivity (Wildman–Crippen MR) is 35.7 cm³/mol. The molecular weight excluding hydrogens is 177 g/mol. The summed E-state index contributed by atoms with van der Waals surface area (Å²) in [7, 11) is 0. The van der Waals surface area contributed by atoms with E-state index in [1.807, 2.05) is 0 Å². The summed E-state index contributed by atoms with van der Waals surface area (Å²) in [6.45, 7) is -5.25. The van der Waals surface area contributed by atoms with Crippen molar-refractivity contribution in [2.24, 2.45) is 0 Å². The van der Waals surface area contributed by atoms with E-state index in [1.165, 1.54) is 0 Å². The second kappa shape index (κ2) is 2.65. The molecule has 0 saturated carbocycles. The number of pyridine rings is 1. The number of nitrogens with one attached hydrogen (secondary N) is 1. The molecule has 1 N–H and O–H groups in total. The largest absolute Gasteiger partial charge is 0.511 e. The molecule has 7 heteroatoms. The molecule has 0 radical (unpaired) electrons. The minimum atomic E-state index is -5.25. The van der Waals surface area contributed by atoms with E-state index in [0.717, 1.165) is 0 Å². The Morgan fingerprint density at radius 2 is 1.92 bits per heavy atom. The number of H-pyrrole nitrogens is 1. The van der Waals surface area contributed by atoms with Crippen molar-refractivity contribution in [2.45, 2.75) is 0 Å². The summed E-state index contributed by atoms with van der Waals surface area (Å²) in [4.78, 5) is 11.9. The van der Waals surface area contributed by atoms with Gasteiger partial charge in [0.1, 0.15) is 0 Å². The maximum Gasteiger partial charge on any atom is 0.511 e. The second-order valence-corrected chi connectivity index (χ2v) is 2.18. The lowest BCUT2D eigenvalue weighted by Crippen LogP contribution is -2.36. The fraction of sp³-hybridized carbons (Fsp3) is 0. The third kappa shape index (κ3) is 1.66.